The maximum Gasteiger partial charge on any atom is 0.414 e. The summed E-state index contributed by atoms with van der Waals surface area (Å²) in [5, 5.41) is 0. The average molecular weight is 269 g/mol. The molecule has 0 bridgehead atoms. The minimum Gasteiger partial charge on any atom is -0.490 e. The molecule has 102 valence electrons. The number of para-hydroxylation sites is 2. The quantitative estimate of drug-likeness (QED) is 0.856. The van der Waals surface area contributed by atoms with Crippen molar-refractivity contribution in [3.63, 3.8) is 0 Å². The van der Waals surface area contributed by atoms with Crippen molar-refractivity contribution in [2.24, 2.45) is 0 Å². The van der Waals surface area contributed by atoms with Crippen LogP contribution in [0.4, 0.5) is 10.5 Å². The van der Waals surface area contributed by atoms with Crippen LogP contribution in [0.3, 0.4) is 0 Å². The maximum atomic E-state index is 11.8. The number of cyclic esters (lactones) is 1. The van der Waals surface area contributed by atoms with Gasteiger partial charge in [-0.1, -0.05) is 36.4 Å². The van der Waals surface area contributed by atoms with E-state index >= 15 is 0 Å². The Hall–Kier alpha value is -2.49. The zero-order valence-electron chi connectivity index (χ0n) is 10.9. The van der Waals surface area contributed by atoms with Gasteiger partial charge in [0, 0.05) is 5.69 Å². The van der Waals surface area contributed by atoms with Crippen LogP contribution in [0.5, 0.6) is 5.75 Å². The van der Waals surface area contributed by atoms with Gasteiger partial charge >= 0.3 is 6.09 Å². The second kappa shape index (κ2) is 5.65. The van der Waals surface area contributed by atoms with Gasteiger partial charge in [0.25, 0.3) is 0 Å². The molecule has 2 aromatic carbocycles. The van der Waals surface area contributed by atoms with E-state index in [9.17, 15) is 4.79 Å². The average Bonchev–Trinajstić information content (AvgIpc) is 2.88. The molecule has 0 saturated carbocycles. The van der Waals surface area contributed by atoms with Crippen LogP contribution in [-0.4, -0.2) is 25.3 Å². The van der Waals surface area contributed by atoms with Crippen molar-refractivity contribution < 1.29 is 14.3 Å². The summed E-state index contributed by atoms with van der Waals surface area (Å²) in [5.41, 5.74) is 0.847. The van der Waals surface area contributed by atoms with Crippen LogP contribution in [0.15, 0.2) is 60.7 Å². The Balaban J connectivity index is 1.60. The van der Waals surface area contributed by atoms with Crippen LogP contribution in [0.2, 0.25) is 0 Å². The Labute approximate surface area is 117 Å². The van der Waals surface area contributed by atoms with Gasteiger partial charge in [-0.3, -0.25) is 4.90 Å². The molecular formula is C16H15NO3. The van der Waals surface area contributed by atoms with E-state index in [2.05, 4.69) is 0 Å². The van der Waals surface area contributed by atoms with Crippen LogP contribution in [0.1, 0.15) is 0 Å². The van der Waals surface area contributed by atoms with E-state index < -0.39 is 0 Å². The molecule has 0 unspecified atom stereocenters. The predicted octanol–water partition coefficient (Wildman–Crippen LogP) is 3.09. The van der Waals surface area contributed by atoms with E-state index in [0.717, 1.165) is 11.4 Å². The number of ether oxygens (including phenoxy) is 2. The van der Waals surface area contributed by atoms with Gasteiger partial charge in [-0.2, -0.15) is 0 Å². The van der Waals surface area contributed by atoms with E-state index in [0.29, 0.717) is 13.2 Å². The van der Waals surface area contributed by atoms with E-state index in [1.54, 1.807) is 4.90 Å². The molecule has 1 saturated heterocycles. The maximum absolute atomic E-state index is 11.8. The third-order valence-electron chi connectivity index (χ3n) is 3.12. The largest absolute Gasteiger partial charge is 0.490 e. The van der Waals surface area contributed by atoms with Crippen LogP contribution in [0, 0.1) is 0 Å². The second-order valence-electron chi connectivity index (χ2n) is 4.58. The molecule has 1 atom stereocenters. The van der Waals surface area contributed by atoms with Crippen molar-refractivity contribution in [3.8, 4) is 5.75 Å². The van der Waals surface area contributed by atoms with E-state index in [1.807, 2.05) is 60.7 Å². The molecule has 0 radical (unpaired) electrons. The van der Waals surface area contributed by atoms with Crippen molar-refractivity contribution in [3.05, 3.63) is 60.7 Å². The highest BCUT2D eigenvalue weighted by atomic mass is 16.6. The number of carbonyl (C=O) groups excluding carboxylic acids is 1. The topological polar surface area (TPSA) is 38.8 Å². The lowest BCUT2D eigenvalue weighted by atomic mass is 10.3. The number of carbonyl (C=O) groups is 1. The van der Waals surface area contributed by atoms with Crippen LogP contribution >= 0.6 is 0 Å². The summed E-state index contributed by atoms with van der Waals surface area (Å²) in [7, 11) is 0. The fourth-order valence-electron chi connectivity index (χ4n) is 2.13. The monoisotopic (exact) mass is 269 g/mol. The van der Waals surface area contributed by atoms with Gasteiger partial charge in [-0.05, 0) is 24.3 Å². The summed E-state index contributed by atoms with van der Waals surface area (Å²) in [6.45, 7) is 0.870. The zero-order chi connectivity index (χ0) is 13.8. The molecule has 1 aliphatic rings. The van der Waals surface area contributed by atoms with Gasteiger partial charge < -0.3 is 9.47 Å². The van der Waals surface area contributed by atoms with Crippen molar-refractivity contribution in [2.45, 2.75) is 6.10 Å². The Morgan fingerprint density at radius 2 is 1.70 bits per heavy atom. The normalized spacial score (nSPS) is 17.9. The van der Waals surface area contributed by atoms with E-state index in [4.69, 9.17) is 9.47 Å². The Morgan fingerprint density at radius 1 is 1.05 bits per heavy atom. The lowest BCUT2D eigenvalue weighted by Crippen LogP contribution is -2.26. The highest BCUT2D eigenvalue weighted by Gasteiger charge is 2.32. The minimum absolute atomic E-state index is 0.247. The Bertz CT molecular complexity index is 571. The second-order valence-corrected chi connectivity index (χ2v) is 4.58. The van der Waals surface area contributed by atoms with E-state index in [-0.39, 0.29) is 12.2 Å². The van der Waals surface area contributed by atoms with Crippen LogP contribution in [-0.2, 0) is 4.74 Å². The lowest BCUT2D eigenvalue weighted by molar-refractivity contribution is 0.105. The van der Waals surface area contributed by atoms with Crippen molar-refractivity contribution >= 4 is 11.8 Å². The standard InChI is InChI=1S/C16H15NO3/c18-16-17(13-7-3-1-4-8-13)11-15(20-16)12-19-14-9-5-2-6-10-14/h1-10,15H,11-12H2/t15-/m1/s1. The van der Waals surface area contributed by atoms with Gasteiger partial charge in [0.1, 0.15) is 12.4 Å². The lowest BCUT2D eigenvalue weighted by Gasteiger charge is -2.12. The number of rotatable bonds is 4. The molecule has 1 heterocycles. The number of nitrogens with zero attached hydrogens (tertiary/aromatic N) is 1. The van der Waals surface area contributed by atoms with Crippen LogP contribution < -0.4 is 9.64 Å². The third kappa shape index (κ3) is 2.74. The Kier molecular flexibility index (Phi) is 3.54. The smallest absolute Gasteiger partial charge is 0.414 e. The zero-order valence-corrected chi connectivity index (χ0v) is 10.9. The summed E-state index contributed by atoms with van der Waals surface area (Å²) in [5.74, 6) is 0.779. The highest BCUT2D eigenvalue weighted by Crippen LogP contribution is 2.21. The molecule has 20 heavy (non-hydrogen) atoms. The summed E-state index contributed by atoms with van der Waals surface area (Å²) >= 11 is 0. The van der Waals surface area contributed by atoms with E-state index in [1.165, 1.54) is 0 Å². The van der Waals surface area contributed by atoms with Crippen LogP contribution in [0.25, 0.3) is 0 Å². The summed E-state index contributed by atoms with van der Waals surface area (Å²) in [6.07, 6.45) is -0.569. The number of hydrogen-bond acceptors (Lipinski definition) is 3. The molecule has 0 aliphatic carbocycles. The number of benzene rings is 2. The van der Waals surface area contributed by atoms with Gasteiger partial charge in [0.05, 0.1) is 6.54 Å². The summed E-state index contributed by atoms with van der Waals surface area (Å²) < 4.78 is 10.9. The molecule has 1 amide bonds. The Morgan fingerprint density at radius 3 is 2.40 bits per heavy atom. The SMILES string of the molecule is O=C1O[C@@H](COc2ccccc2)CN1c1ccccc1. The molecule has 4 nitrogen and oxygen atoms in total. The van der Waals surface area contributed by atoms with Gasteiger partial charge in [-0.25, -0.2) is 4.79 Å². The van der Waals surface area contributed by atoms with Gasteiger partial charge in [0.15, 0.2) is 6.10 Å². The molecule has 0 spiro atoms. The summed E-state index contributed by atoms with van der Waals surface area (Å²) in [4.78, 5) is 13.5. The van der Waals surface area contributed by atoms with Crippen molar-refractivity contribution in [1.29, 1.82) is 0 Å². The first-order valence-corrected chi connectivity index (χ1v) is 6.54. The molecule has 4 heteroatoms. The minimum atomic E-state index is -0.321. The first kappa shape index (κ1) is 12.5. The first-order chi connectivity index (χ1) is 9.83. The van der Waals surface area contributed by atoms with Crippen molar-refractivity contribution in [1.82, 2.24) is 0 Å². The van der Waals surface area contributed by atoms with Crippen molar-refractivity contribution in [2.75, 3.05) is 18.1 Å². The summed E-state index contributed by atoms with van der Waals surface area (Å²) in [6, 6.07) is 19.0. The predicted molar refractivity (Wildman–Crippen MR) is 76.0 cm³/mol. The number of anilines is 1. The molecule has 1 aliphatic heterocycles. The fourth-order valence-corrected chi connectivity index (χ4v) is 2.13. The highest BCUT2D eigenvalue weighted by molar-refractivity contribution is 5.89. The fraction of sp³-hybridized carbons (Fsp3) is 0.188. The third-order valence-corrected chi connectivity index (χ3v) is 3.12. The molecule has 1 fully saturated rings. The van der Waals surface area contributed by atoms with Gasteiger partial charge in [-0.15, -0.1) is 0 Å². The molecular weight excluding hydrogens is 254 g/mol. The molecule has 3 rings (SSSR count). The first-order valence-electron chi connectivity index (χ1n) is 6.54. The molecule has 2 aromatic rings. The number of amides is 1. The van der Waals surface area contributed by atoms with Gasteiger partial charge in [0.2, 0.25) is 0 Å². The number of hydrogen-bond donors (Lipinski definition) is 0. The molecule has 0 aromatic heterocycles. The molecule has 0 N–H and O–H groups in total.